The highest BCUT2D eigenvalue weighted by atomic mass is 32.2. The molecule has 6 heteroatoms. The minimum atomic E-state index is -0.224. The first-order chi connectivity index (χ1) is 9.36. The molecule has 1 heterocycles. The van der Waals surface area contributed by atoms with Crippen LogP contribution in [0.15, 0.2) is 11.1 Å². The molecule has 0 fully saturated rings. The van der Waals surface area contributed by atoms with E-state index in [1.807, 2.05) is 13.0 Å². The van der Waals surface area contributed by atoms with E-state index in [0.717, 1.165) is 23.2 Å². The van der Waals surface area contributed by atoms with Crippen LogP contribution in [-0.4, -0.2) is 34.8 Å². The molecule has 1 aromatic rings. The smallest absolute Gasteiger partial charge is 0.316 e. The topological polar surface area (TPSA) is 64.1 Å². The zero-order chi connectivity index (χ0) is 15.2. The molecule has 20 heavy (non-hydrogen) atoms. The Bertz CT molecular complexity index is 458. The standard InChI is InChI=1S/C14H23N3O2S/c1-6-15-10-8-11(20-9-12(18)19-7-2)17-13(16-10)14(3,4)5/h8H,6-7,9H2,1-5H3,(H,15,16,17). The lowest BCUT2D eigenvalue weighted by Crippen LogP contribution is -2.18. The first-order valence-electron chi connectivity index (χ1n) is 6.78. The SMILES string of the molecule is CCNc1cc(SCC(=O)OCC)nc(C(C)(C)C)n1. The number of carbonyl (C=O) groups excluding carboxylic acids is 1. The molecular weight excluding hydrogens is 274 g/mol. The van der Waals surface area contributed by atoms with E-state index in [4.69, 9.17) is 4.74 Å². The third-order valence-electron chi connectivity index (χ3n) is 2.37. The molecule has 0 saturated heterocycles. The highest BCUT2D eigenvalue weighted by Crippen LogP contribution is 2.25. The molecule has 1 aromatic heterocycles. The van der Waals surface area contributed by atoms with Crippen molar-refractivity contribution in [2.45, 2.75) is 45.1 Å². The Kier molecular flexibility index (Phi) is 6.26. The summed E-state index contributed by atoms with van der Waals surface area (Å²) in [6, 6.07) is 1.86. The van der Waals surface area contributed by atoms with Crippen molar-refractivity contribution in [3.05, 3.63) is 11.9 Å². The lowest BCUT2D eigenvalue weighted by atomic mass is 9.96. The average Bonchev–Trinajstić information content (AvgIpc) is 2.36. The van der Waals surface area contributed by atoms with Crippen molar-refractivity contribution in [3.8, 4) is 0 Å². The van der Waals surface area contributed by atoms with Gasteiger partial charge in [0, 0.05) is 18.0 Å². The molecule has 0 spiro atoms. The van der Waals surface area contributed by atoms with Gasteiger partial charge >= 0.3 is 5.97 Å². The summed E-state index contributed by atoms with van der Waals surface area (Å²) in [4.78, 5) is 20.4. The fraction of sp³-hybridized carbons (Fsp3) is 0.643. The highest BCUT2D eigenvalue weighted by molar-refractivity contribution is 7.99. The molecular formula is C14H23N3O2S. The molecule has 0 radical (unpaired) electrons. The number of nitrogens with zero attached hydrogens (tertiary/aromatic N) is 2. The zero-order valence-corrected chi connectivity index (χ0v) is 13.6. The van der Waals surface area contributed by atoms with E-state index in [-0.39, 0.29) is 17.1 Å². The van der Waals surface area contributed by atoms with Crippen molar-refractivity contribution in [2.24, 2.45) is 0 Å². The van der Waals surface area contributed by atoms with Gasteiger partial charge in [-0.05, 0) is 13.8 Å². The molecule has 5 nitrogen and oxygen atoms in total. The van der Waals surface area contributed by atoms with Crippen LogP contribution in [0.4, 0.5) is 5.82 Å². The molecule has 0 aliphatic carbocycles. The van der Waals surface area contributed by atoms with Gasteiger partial charge in [-0.25, -0.2) is 9.97 Å². The van der Waals surface area contributed by atoms with Crippen molar-refractivity contribution >= 4 is 23.5 Å². The third kappa shape index (κ3) is 5.36. The Morgan fingerprint density at radius 3 is 2.60 bits per heavy atom. The third-order valence-corrected chi connectivity index (χ3v) is 3.26. The summed E-state index contributed by atoms with van der Waals surface area (Å²) in [5.41, 5.74) is -0.134. The highest BCUT2D eigenvalue weighted by Gasteiger charge is 2.19. The number of anilines is 1. The van der Waals surface area contributed by atoms with Gasteiger partial charge in [0.2, 0.25) is 0 Å². The zero-order valence-electron chi connectivity index (χ0n) is 12.8. The van der Waals surface area contributed by atoms with E-state index < -0.39 is 0 Å². The van der Waals surface area contributed by atoms with Crippen LogP contribution in [0.25, 0.3) is 0 Å². The fourth-order valence-electron chi connectivity index (χ4n) is 1.44. The van der Waals surface area contributed by atoms with Gasteiger partial charge in [0.15, 0.2) is 0 Å². The Balaban J connectivity index is 2.89. The van der Waals surface area contributed by atoms with Gasteiger partial charge < -0.3 is 10.1 Å². The van der Waals surface area contributed by atoms with Gasteiger partial charge in [-0.3, -0.25) is 4.79 Å². The Morgan fingerprint density at radius 2 is 2.05 bits per heavy atom. The summed E-state index contributed by atoms with van der Waals surface area (Å²) in [7, 11) is 0. The normalized spacial score (nSPS) is 11.2. The molecule has 0 aliphatic rings. The van der Waals surface area contributed by atoms with Crippen molar-refractivity contribution in [3.63, 3.8) is 0 Å². The first kappa shape index (κ1) is 16.8. The first-order valence-corrected chi connectivity index (χ1v) is 7.77. The monoisotopic (exact) mass is 297 g/mol. The van der Waals surface area contributed by atoms with Gasteiger partial charge in [-0.15, -0.1) is 0 Å². The number of hydrogen-bond donors (Lipinski definition) is 1. The van der Waals surface area contributed by atoms with Crippen molar-refractivity contribution in [1.82, 2.24) is 9.97 Å². The summed E-state index contributed by atoms with van der Waals surface area (Å²) in [5.74, 6) is 1.60. The van der Waals surface area contributed by atoms with Gasteiger partial charge in [-0.1, -0.05) is 32.5 Å². The summed E-state index contributed by atoms with van der Waals surface area (Å²) >= 11 is 1.37. The molecule has 0 amide bonds. The summed E-state index contributed by atoms with van der Waals surface area (Å²) in [5, 5.41) is 3.98. The maximum Gasteiger partial charge on any atom is 0.316 e. The maximum atomic E-state index is 11.4. The second-order valence-electron chi connectivity index (χ2n) is 5.29. The van der Waals surface area contributed by atoms with E-state index >= 15 is 0 Å². The number of rotatable bonds is 6. The lowest BCUT2D eigenvalue weighted by molar-refractivity contribution is -0.139. The average molecular weight is 297 g/mol. The second kappa shape index (κ2) is 7.47. The van der Waals surface area contributed by atoms with Crippen LogP contribution in [0.2, 0.25) is 0 Å². The maximum absolute atomic E-state index is 11.4. The minimum absolute atomic E-state index is 0.134. The number of aromatic nitrogens is 2. The number of carbonyl (C=O) groups is 1. The van der Waals surface area contributed by atoms with Crippen LogP contribution in [-0.2, 0) is 14.9 Å². The van der Waals surface area contributed by atoms with Crippen LogP contribution >= 0.6 is 11.8 Å². The number of thioether (sulfide) groups is 1. The Hall–Kier alpha value is -1.30. The quantitative estimate of drug-likeness (QED) is 0.495. The predicted molar refractivity (Wildman–Crippen MR) is 82.3 cm³/mol. The van der Waals surface area contributed by atoms with Crippen LogP contribution in [0.3, 0.4) is 0 Å². The minimum Gasteiger partial charge on any atom is -0.465 e. The van der Waals surface area contributed by atoms with Gasteiger partial charge in [0.25, 0.3) is 0 Å². The largest absolute Gasteiger partial charge is 0.465 e. The molecule has 0 saturated carbocycles. The van der Waals surface area contributed by atoms with Crippen molar-refractivity contribution in [1.29, 1.82) is 0 Å². The molecule has 1 rings (SSSR count). The van der Waals surface area contributed by atoms with E-state index in [9.17, 15) is 4.79 Å². The Morgan fingerprint density at radius 1 is 1.35 bits per heavy atom. The number of esters is 1. The molecule has 112 valence electrons. The van der Waals surface area contributed by atoms with Crippen LogP contribution < -0.4 is 5.32 Å². The van der Waals surface area contributed by atoms with Crippen LogP contribution in [0.1, 0.15) is 40.4 Å². The molecule has 0 unspecified atom stereocenters. The molecule has 1 N–H and O–H groups in total. The molecule has 0 aliphatic heterocycles. The van der Waals surface area contributed by atoms with E-state index in [1.165, 1.54) is 11.8 Å². The number of hydrogen-bond acceptors (Lipinski definition) is 6. The van der Waals surface area contributed by atoms with Crippen LogP contribution in [0.5, 0.6) is 0 Å². The van der Waals surface area contributed by atoms with Crippen molar-refractivity contribution in [2.75, 3.05) is 24.2 Å². The van der Waals surface area contributed by atoms with Crippen LogP contribution in [0, 0.1) is 0 Å². The fourth-order valence-corrected chi connectivity index (χ4v) is 2.14. The second-order valence-corrected chi connectivity index (χ2v) is 6.28. The summed E-state index contributed by atoms with van der Waals surface area (Å²) < 4.78 is 4.92. The molecule has 0 aromatic carbocycles. The predicted octanol–water partition coefficient (Wildman–Crippen LogP) is 2.86. The van der Waals surface area contributed by atoms with E-state index in [2.05, 4.69) is 36.1 Å². The lowest BCUT2D eigenvalue weighted by Gasteiger charge is -2.18. The van der Waals surface area contributed by atoms with Gasteiger partial charge in [-0.2, -0.15) is 0 Å². The number of nitrogens with one attached hydrogen (secondary N) is 1. The van der Waals surface area contributed by atoms with E-state index in [1.54, 1.807) is 6.92 Å². The van der Waals surface area contributed by atoms with Crippen molar-refractivity contribution < 1.29 is 9.53 Å². The number of ether oxygens (including phenoxy) is 1. The molecule has 0 atom stereocenters. The van der Waals surface area contributed by atoms with Gasteiger partial charge in [0.05, 0.1) is 12.4 Å². The summed E-state index contributed by atoms with van der Waals surface area (Å²) in [6.07, 6.45) is 0. The Labute approximate surface area is 124 Å². The van der Waals surface area contributed by atoms with Gasteiger partial charge in [0.1, 0.15) is 16.7 Å². The summed E-state index contributed by atoms with van der Waals surface area (Å²) in [6.45, 7) is 11.2. The molecule has 0 bridgehead atoms. The van der Waals surface area contributed by atoms with E-state index in [0.29, 0.717) is 6.61 Å².